The Hall–Kier alpha value is -4.39. The van der Waals surface area contributed by atoms with Crippen molar-refractivity contribution < 1.29 is 14.3 Å². The van der Waals surface area contributed by atoms with E-state index in [1.807, 2.05) is 32.0 Å². The number of rotatable bonds is 7. The van der Waals surface area contributed by atoms with Crippen LogP contribution in [0.15, 0.2) is 72.3 Å². The van der Waals surface area contributed by atoms with Gasteiger partial charge in [-0.15, -0.1) is 0 Å². The molecule has 2 aromatic carbocycles. The van der Waals surface area contributed by atoms with E-state index >= 15 is 0 Å². The summed E-state index contributed by atoms with van der Waals surface area (Å²) in [6.07, 6.45) is 4.57. The van der Waals surface area contributed by atoms with Crippen LogP contribution in [0.2, 0.25) is 0 Å². The lowest BCUT2D eigenvalue weighted by molar-refractivity contribution is -0.115. The quantitative estimate of drug-likeness (QED) is 0.286. The van der Waals surface area contributed by atoms with Gasteiger partial charge >= 0.3 is 0 Å². The molecule has 7 nitrogen and oxygen atoms in total. The third-order valence-electron chi connectivity index (χ3n) is 5.61. The van der Waals surface area contributed by atoms with E-state index in [0.29, 0.717) is 34.8 Å². The number of carbonyl (C=O) groups is 2. The number of fused-ring (bicyclic) bond motifs is 1. The summed E-state index contributed by atoms with van der Waals surface area (Å²) in [7, 11) is 0. The maximum Gasteiger partial charge on any atom is 0.224 e. The minimum Gasteiger partial charge on any atom is -0.455 e. The van der Waals surface area contributed by atoms with E-state index < -0.39 is 11.2 Å². The number of aryl methyl sites for hydroxylation is 2. The summed E-state index contributed by atoms with van der Waals surface area (Å²) < 4.78 is 8.08. The fourth-order valence-electron chi connectivity index (χ4n) is 3.81. The number of pyridine rings is 1. The molecule has 1 amide bonds. The summed E-state index contributed by atoms with van der Waals surface area (Å²) in [6, 6.07) is 12.9. The average Bonchev–Trinajstić information content (AvgIpc) is 3.32. The second-order valence-electron chi connectivity index (χ2n) is 7.96. The zero-order valence-corrected chi connectivity index (χ0v) is 19.3. The van der Waals surface area contributed by atoms with Crippen molar-refractivity contribution in [1.29, 1.82) is 0 Å². The molecule has 0 saturated heterocycles. The molecule has 4 rings (SSSR count). The normalized spacial score (nSPS) is 10.8. The Morgan fingerprint density at radius 1 is 1.15 bits per heavy atom. The number of benzene rings is 2. The van der Waals surface area contributed by atoms with Crippen LogP contribution in [0.25, 0.3) is 16.7 Å². The highest BCUT2D eigenvalue weighted by Crippen LogP contribution is 2.35. The molecule has 0 bridgehead atoms. The van der Waals surface area contributed by atoms with Gasteiger partial charge in [0, 0.05) is 24.5 Å². The van der Waals surface area contributed by atoms with Gasteiger partial charge < -0.3 is 19.6 Å². The molecule has 0 spiro atoms. The Labute approximate surface area is 196 Å². The van der Waals surface area contributed by atoms with E-state index in [1.165, 1.54) is 6.20 Å². The summed E-state index contributed by atoms with van der Waals surface area (Å²) in [5, 5.41) is 2.86. The number of aromatic amines is 1. The van der Waals surface area contributed by atoms with Gasteiger partial charge in [-0.2, -0.15) is 0 Å². The molecule has 0 atom stereocenters. The van der Waals surface area contributed by atoms with Crippen LogP contribution >= 0.6 is 0 Å². The molecule has 0 unspecified atom stereocenters. The van der Waals surface area contributed by atoms with Crippen LogP contribution in [0.5, 0.6) is 11.5 Å². The first kappa shape index (κ1) is 22.8. The van der Waals surface area contributed by atoms with Crippen LogP contribution in [-0.2, 0) is 4.79 Å². The van der Waals surface area contributed by atoms with Crippen molar-refractivity contribution in [1.82, 2.24) is 9.55 Å². The van der Waals surface area contributed by atoms with Gasteiger partial charge in [-0.3, -0.25) is 14.4 Å². The lowest BCUT2D eigenvalue weighted by Crippen LogP contribution is -2.18. The summed E-state index contributed by atoms with van der Waals surface area (Å²) >= 11 is 0. The van der Waals surface area contributed by atoms with Crippen LogP contribution in [0.3, 0.4) is 0 Å². The Kier molecular flexibility index (Phi) is 6.19. The second-order valence-corrected chi connectivity index (χ2v) is 7.96. The van der Waals surface area contributed by atoms with Crippen molar-refractivity contribution in [3.8, 4) is 17.2 Å². The topological polar surface area (TPSA) is 93.2 Å². The Morgan fingerprint density at radius 3 is 2.56 bits per heavy atom. The number of H-pyrrole nitrogens is 1. The van der Waals surface area contributed by atoms with Gasteiger partial charge in [0.15, 0.2) is 11.5 Å². The predicted octanol–water partition coefficient (Wildman–Crippen LogP) is 5.45. The number of para-hydroxylation sites is 1. The SMILES string of the molecule is C=CC(=O)c1cn(-c2cc(NC(=O)CC)ccc2Oc2c(C)cccc2C)c2cc[nH]c2c1=O. The number of aromatic nitrogens is 2. The number of anilines is 1. The summed E-state index contributed by atoms with van der Waals surface area (Å²) in [6.45, 7) is 9.21. The molecule has 2 aromatic heterocycles. The van der Waals surface area contributed by atoms with Gasteiger partial charge in [-0.25, -0.2) is 0 Å². The van der Waals surface area contributed by atoms with Crippen LogP contribution in [-0.4, -0.2) is 21.2 Å². The fourth-order valence-corrected chi connectivity index (χ4v) is 3.81. The summed E-state index contributed by atoms with van der Waals surface area (Å²) in [5.41, 5.74) is 3.46. The van der Waals surface area contributed by atoms with Crippen molar-refractivity contribution in [2.45, 2.75) is 27.2 Å². The predicted molar refractivity (Wildman–Crippen MR) is 133 cm³/mol. The zero-order chi connectivity index (χ0) is 24.4. The molecule has 0 aliphatic rings. The summed E-state index contributed by atoms with van der Waals surface area (Å²) in [4.78, 5) is 40.3. The van der Waals surface area contributed by atoms with E-state index in [9.17, 15) is 14.4 Å². The lowest BCUT2D eigenvalue weighted by atomic mass is 10.1. The molecule has 2 heterocycles. The number of ketones is 1. The number of amides is 1. The van der Waals surface area contributed by atoms with Gasteiger partial charge in [0.2, 0.25) is 11.3 Å². The van der Waals surface area contributed by atoms with Gasteiger partial charge in [0.25, 0.3) is 0 Å². The molecule has 2 N–H and O–H groups in total. The number of nitrogens with one attached hydrogen (secondary N) is 2. The number of hydrogen-bond donors (Lipinski definition) is 2. The number of hydrogen-bond acceptors (Lipinski definition) is 4. The molecule has 0 saturated carbocycles. The zero-order valence-electron chi connectivity index (χ0n) is 19.3. The van der Waals surface area contributed by atoms with Crippen molar-refractivity contribution in [2.24, 2.45) is 0 Å². The number of ether oxygens (including phenoxy) is 1. The number of allylic oxidation sites excluding steroid dienone is 1. The van der Waals surface area contributed by atoms with E-state index in [4.69, 9.17) is 4.74 Å². The molecule has 4 aromatic rings. The van der Waals surface area contributed by atoms with Gasteiger partial charge in [0.1, 0.15) is 11.3 Å². The third kappa shape index (κ3) is 4.15. The van der Waals surface area contributed by atoms with Crippen LogP contribution in [0.1, 0.15) is 34.8 Å². The maximum absolute atomic E-state index is 12.9. The number of nitrogens with zero attached hydrogens (tertiary/aromatic N) is 1. The van der Waals surface area contributed by atoms with Gasteiger partial charge in [0.05, 0.1) is 16.8 Å². The van der Waals surface area contributed by atoms with Crippen molar-refractivity contribution in [2.75, 3.05) is 5.32 Å². The van der Waals surface area contributed by atoms with Crippen LogP contribution in [0.4, 0.5) is 5.69 Å². The van der Waals surface area contributed by atoms with Gasteiger partial charge in [-0.1, -0.05) is 31.7 Å². The van der Waals surface area contributed by atoms with Crippen molar-refractivity contribution in [3.63, 3.8) is 0 Å². The first-order chi connectivity index (χ1) is 16.3. The third-order valence-corrected chi connectivity index (χ3v) is 5.61. The van der Waals surface area contributed by atoms with E-state index in [2.05, 4.69) is 16.9 Å². The standard InChI is InChI=1S/C27H25N3O4/c1-5-22(31)19-15-30(20-12-13-28-25(20)26(19)33)21-14-18(29-24(32)6-2)10-11-23(21)34-27-16(3)8-7-9-17(27)4/h5,7-15,28H,1,6H2,2-4H3,(H,29,32). The average molecular weight is 456 g/mol. The Balaban J connectivity index is 1.99. The van der Waals surface area contributed by atoms with E-state index in [0.717, 1.165) is 17.2 Å². The molecular formula is C27H25N3O4. The van der Waals surface area contributed by atoms with E-state index in [-0.39, 0.29) is 17.0 Å². The Bertz CT molecular complexity index is 1470. The minimum atomic E-state index is -0.483. The molecule has 34 heavy (non-hydrogen) atoms. The molecule has 7 heteroatoms. The molecule has 0 fully saturated rings. The first-order valence-electron chi connectivity index (χ1n) is 10.9. The Morgan fingerprint density at radius 2 is 1.88 bits per heavy atom. The van der Waals surface area contributed by atoms with Crippen molar-refractivity contribution in [3.05, 3.63) is 94.4 Å². The minimum absolute atomic E-state index is 0.0223. The highest BCUT2D eigenvalue weighted by molar-refractivity contribution is 6.05. The van der Waals surface area contributed by atoms with E-state index in [1.54, 1.807) is 42.0 Å². The molecule has 172 valence electrons. The highest BCUT2D eigenvalue weighted by atomic mass is 16.5. The largest absolute Gasteiger partial charge is 0.455 e. The monoisotopic (exact) mass is 455 g/mol. The van der Waals surface area contributed by atoms with Gasteiger partial charge in [-0.05, 0) is 55.3 Å². The van der Waals surface area contributed by atoms with Crippen LogP contribution in [0, 0.1) is 13.8 Å². The molecular weight excluding hydrogens is 430 g/mol. The molecule has 0 aliphatic heterocycles. The number of carbonyl (C=O) groups excluding carboxylic acids is 2. The maximum atomic E-state index is 12.9. The first-order valence-corrected chi connectivity index (χ1v) is 10.9. The van der Waals surface area contributed by atoms with Crippen LogP contribution < -0.4 is 15.5 Å². The molecule has 0 aliphatic carbocycles. The smallest absolute Gasteiger partial charge is 0.224 e. The molecule has 0 radical (unpaired) electrons. The fraction of sp³-hybridized carbons (Fsp3) is 0.148. The second kappa shape index (κ2) is 9.23. The summed E-state index contributed by atoms with van der Waals surface area (Å²) in [5.74, 6) is 0.587. The highest BCUT2D eigenvalue weighted by Gasteiger charge is 2.19. The van der Waals surface area contributed by atoms with Crippen molar-refractivity contribution >= 4 is 28.4 Å². The lowest BCUT2D eigenvalue weighted by Gasteiger charge is -2.19.